The molecule has 1 aromatic heterocycles. The standard InChI is InChI=1S/C16H23N3O/c1-10(2)16-19-14-9-13(7-8-15(14)20-16)18-12-5-3-11(17)4-6-12/h7-12,18H,3-6,17H2,1-2H3. The lowest BCUT2D eigenvalue weighted by molar-refractivity contribution is 0.411. The van der Waals surface area contributed by atoms with E-state index in [-0.39, 0.29) is 0 Å². The molecular formula is C16H23N3O. The molecule has 2 aromatic rings. The summed E-state index contributed by atoms with van der Waals surface area (Å²) in [6.45, 7) is 4.18. The summed E-state index contributed by atoms with van der Waals surface area (Å²) in [6.07, 6.45) is 4.52. The molecule has 0 bridgehead atoms. The summed E-state index contributed by atoms with van der Waals surface area (Å²) >= 11 is 0. The van der Waals surface area contributed by atoms with Crippen molar-refractivity contribution in [3.63, 3.8) is 0 Å². The molecule has 0 saturated heterocycles. The second kappa shape index (κ2) is 5.44. The highest BCUT2D eigenvalue weighted by atomic mass is 16.3. The molecule has 0 amide bonds. The average molecular weight is 273 g/mol. The lowest BCUT2D eigenvalue weighted by atomic mass is 9.91. The van der Waals surface area contributed by atoms with Gasteiger partial charge in [0.1, 0.15) is 5.52 Å². The van der Waals surface area contributed by atoms with Crippen molar-refractivity contribution in [1.29, 1.82) is 0 Å². The first-order valence-corrected chi connectivity index (χ1v) is 7.54. The molecule has 1 fully saturated rings. The number of benzene rings is 1. The van der Waals surface area contributed by atoms with Crippen LogP contribution in [-0.2, 0) is 0 Å². The molecule has 1 aliphatic rings. The van der Waals surface area contributed by atoms with Crippen LogP contribution in [0.4, 0.5) is 5.69 Å². The van der Waals surface area contributed by atoms with Gasteiger partial charge < -0.3 is 15.5 Å². The molecule has 0 unspecified atom stereocenters. The Kier molecular flexibility index (Phi) is 3.66. The second-order valence-electron chi connectivity index (χ2n) is 6.15. The molecule has 108 valence electrons. The molecule has 1 heterocycles. The summed E-state index contributed by atoms with van der Waals surface area (Å²) in [4.78, 5) is 4.55. The fraction of sp³-hybridized carbons (Fsp3) is 0.562. The molecule has 0 spiro atoms. The Bertz CT molecular complexity index is 582. The quantitative estimate of drug-likeness (QED) is 0.896. The van der Waals surface area contributed by atoms with Crippen LogP contribution in [-0.4, -0.2) is 17.1 Å². The summed E-state index contributed by atoms with van der Waals surface area (Å²) in [5.41, 5.74) is 8.87. The van der Waals surface area contributed by atoms with Crippen LogP contribution in [0.2, 0.25) is 0 Å². The highest BCUT2D eigenvalue weighted by molar-refractivity contribution is 5.77. The first-order valence-electron chi connectivity index (χ1n) is 7.54. The zero-order valence-electron chi connectivity index (χ0n) is 12.2. The van der Waals surface area contributed by atoms with Gasteiger partial charge in [-0.05, 0) is 43.9 Å². The number of oxazole rings is 1. The van der Waals surface area contributed by atoms with Gasteiger partial charge in [0.2, 0.25) is 0 Å². The van der Waals surface area contributed by atoms with Crippen molar-refractivity contribution in [2.75, 3.05) is 5.32 Å². The molecule has 1 saturated carbocycles. The van der Waals surface area contributed by atoms with Crippen molar-refractivity contribution in [1.82, 2.24) is 4.98 Å². The van der Waals surface area contributed by atoms with Gasteiger partial charge in [-0.3, -0.25) is 0 Å². The largest absolute Gasteiger partial charge is 0.440 e. The summed E-state index contributed by atoms with van der Waals surface area (Å²) in [5.74, 6) is 1.12. The molecule has 20 heavy (non-hydrogen) atoms. The minimum absolute atomic E-state index is 0.318. The number of nitrogens with two attached hydrogens (primary N) is 1. The fourth-order valence-electron chi connectivity index (χ4n) is 2.78. The zero-order chi connectivity index (χ0) is 14.1. The summed E-state index contributed by atoms with van der Waals surface area (Å²) in [5, 5.41) is 3.59. The number of aromatic nitrogens is 1. The van der Waals surface area contributed by atoms with Crippen molar-refractivity contribution in [3.8, 4) is 0 Å². The van der Waals surface area contributed by atoms with E-state index in [0.29, 0.717) is 18.0 Å². The Balaban J connectivity index is 1.75. The van der Waals surface area contributed by atoms with Crippen LogP contribution in [0.5, 0.6) is 0 Å². The Hall–Kier alpha value is -1.55. The van der Waals surface area contributed by atoms with E-state index in [0.717, 1.165) is 48.4 Å². The minimum atomic E-state index is 0.318. The molecule has 1 aromatic carbocycles. The molecule has 3 N–H and O–H groups in total. The van der Waals surface area contributed by atoms with Crippen LogP contribution in [0.3, 0.4) is 0 Å². The third-order valence-electron chi connectivity index (χ3n) is 4.04. The van der Waals surface area contributed by atoms with Crippen LogP contribution in [0.15, 0.2) is 22.6 Å². The van der Waals surface area contributed by atoms with Crippen molar-refractivity contribution in [2.24, 2.45) is 5.73 Å². The summed E-state index contributed by atoms with van der Waals surface area (Å²) in [7, 11) is 0. The SMILES string of the molecule is CC(C)c1nc2cc(NC3CCC(N)CC3)ccc2o1. The third kappa shape index (κ3) is 2.80. The van der Waals surface area contributed by atoms with Gasteiger partial charge in [-0.2, -0.15) is 0 Å². The summed E-state index contributed by atoms with van der Waals surface area (Å²) in [6, 6.07) is 7.08. The molecule has 0 aliphatic heterocycles. The smallest absolute Gasteiger partial charge is 0.198 e. The number of fused-ring (bicyclic) bond motifs is 1. The van der Waals surface area contributed by atoms with Crippen LogP contribution in [0.1, 0.15) is 51.3 Å². The summed E-state index contributed by atoms with van der Waals surface area (Å²) < 4.78 is 5.73. The number of anilines is 1. The number of hydrogen-bond donors (Lipinski definition) is 2. The van der Waals surface area contributed by atoms with Gasteiger partial charge in [0.25, 0.3) is 0 Å². The predicted molar refractivity (Wildman–Crippen MR) is 82.0 cm³/mol. The Morgan fingerprint density at radius 3 is 2.70 bits per heavy atom. The Labute approximate surface area is 119 Å². The van der Waals surface area contributed by atoms with Crippen molar-refractivity contribution >= 4 is 16.8 Å². The maximum atomic E-state index is 5.95. The van der Waals surface area contributed by atoms with Gasteiger partial charge in [-0.15, -0.1) is 0 Å². The maximum Gasteiger partial charge on any atom is 0.198 e. The van der Waals surface area contributed by atoms with Gasteiger partial charge in [-0.25, -0.2) is 4.98 Å². The highest BCUT2D eigenvalue weighted by Gasteiger charge is 2.18. The lowest BCUT2D eigenvalue weighted by Gasteiger charge is -2.27. The second-order valence-corrected chi connectivity index (χ2v) is 6.15. The number of hydrogen-bond acceptors (Lipinski definition) is 4. The average Bonchev–Trinajstić information content (AvgIpc) is 2.85. The van der Waals surface area contributed by atoms with E-state index in [1.807, 2.05) is 6.07 Å². The van der Waals surface area contributed by atoms with Crippen molar-refractivity contribution < 1.29 is 4.42 Å². The van der Waals surface area contributed by atoms with Gasteiger partial charge in [0.15, 0.2) is 11.5 Å². The molecule has 0 radical (unpaired) electrons. The van der Waals surface area contributed by atoms with Crippen molar-refractivity contribution in [3.05, 3.63) is 24.1 Å². The number of nitrogens with one attached hydrogen (secondary N) is 1. The Morgan fingerprint density at radius 2 is 2.00 bits per heavy atom. The number of rotatable bonds is 3. The Morgan fingerprint density at radius 1 is 1.25 bits per heavy atom. The first-order chi connectivity index (χ1) is 9.61. The first kappa shape index (κ1) is 13.4. The van der Waals surface area contributed by atoms with Gasteiger partial charge in [-0.1, -0.05) is 13.8 Å². The zero-order valence-corrected chi connectivity index (χ0v) is 12.2. The van der Waals surface area contributed by atoms with Crippen LogP contribution in [0.25, 0.3) is 11.1 Å². The van der Waals surface area contributed by atoms with E-state index in [9.17, 15) is 0 Å². The monoisotopic (exact) mass is 273 g/mol. The molecule has 3 rings (SSSR count). The number of nitrogens with zero attached hydrogens (tertiary/aromatic N) is 1. The molecule has 0 atom stereocenters. The maximum absolute atomic E-state index is 5.95. The van der Waals surface area contributed by atoms with E-state index in [4.69, 9.17) is 10.2 Å². The van der Waals surface area contributed by atoms with E-state index in [2.05, 4.69) is 36.3 Å². The van der Waals surface area contributed by atoms with E-state index in [1.54, 1.807) is 0 Å². The molecule has 4 heteroatoms. The van der Waals surface area contributed by atoms with E-state index in [1.165, 1.54) is 0 Å². The van der Waals surface area contributed by atoms with E-state index >= 15 is 0 Å². The van der Waals surface area contributed by atoms with E-state index < -0.39 is 0 Å². The van der Waals surface area contributed by atoms with Crippen molar-refractivity contribution in [2.45, 2.75) is 57.5 Å². The van der Waals surface area contributed by atoms with Crippen LogP contribution in [0, 0.1) is 0 Å². The van der Waals surface area contributed by atoms with Crippen LogP contribution < -0.4 is 11.1 Å². The third-order valence-corrected chi connectivity index (χ3v) is 4.04. The van der Waals surface area contributed by atoms with Gasteiger partial charge >= 0.3 is 0 Å². The van der Waals surface area contributed by atoms with Gasteiger partial charge in [0, 0.05) is 23.7 Å². The normalized spacial score (nSPS) is 23.4. The molecule has 4 nitrogen and oxygen atoms in total. The van der Waals surface area contributed by atoms with Gasteiger partial charge in [0.05, 0.1) is 0 Å². The predicted octanol–water partition coefficient (Wildman–Crippen LogP) is 3.63. The fourth-order valence-corrected chi connectivity index (χ4v) is 2.78. The van der Waals surface area contributed by atoms with Crippen LogP contribution >= 0.6 is 0 Å². The topological polar surface area (TPSA) is 64.1 Å². The highest BCUT2D eigenvalue weighted by Crippen LogP contribution is 2.26. The lowest BCUT2D eigenvalue weighted by Crippen LogP contribution is -2.32. The molecule has 1 aliphatic carbocycles. The molecular weight excluding hydrogens is 250 g/mol. The minimum Gasteiger partial charge on any atom is -0.440 e.